The quantitative estimate of drug-likeness (QED) is 0.932. The summed E-state index contributed by atoms with van der Waals surface area (Å²) in [6.07, 6.45) is 3.87. The lowest BCUT2D eigenvalue weighted by molar-refractivity contribution is 0.210. The zero-order valence-corrected chi connectivity index (χ0v) is 13.2. The van der Waals surface area contributed by atoms with E-state index in [2.05, 4.69) is 30.4 Å². The van der Waals surface area contributed by atoms with Gasteiger partial charge in [-0.3, -0.25) is 4.90 Å². The molecule has 0 radical (unpaired) electrons. The van der Waals surface area contributed by atoms with Crippen molar-refractivity contribution in [2.24, 2.45) is 0 Å². The van der Waals surface area contributed by atoms with Gasteiger partial charge in [-0.05, 0) is 26.7 Å². The van der Waals surface area contributed by atoms with Crippen LogP contribution in [0.1, 0.15) is 28.6 Å². The second-order valence-electron chi connectivity index (χ2n) is 5.45. The molecule has 21 heavy (non-hydrogen) atoms. The Morgan fingerprint density at radius 1 is 1.24 bits per heavy atom. The van der Waals surface area contributed by atoms with Crippen LogP contribution in [-0.2, 0) is 6.54 Å². The highest BCUT2D eigenvalue weighted by molar-refractivity contribution is 7.11. The third-order valence-electron chi connectivity index (χ3n) is 3.67. The minimum Gasteiger partial charge on any atom is -0.367 e. The highest BCUT2D eigenvalue weighted by Gasteiger charge is 2.20. The SMILES string of the molecule is Cc1cc(NC2CCN(Cc3nnc(C)s3)CC2)ncn1. The van der Waals surface area contributed by atoms with Gasteiger partial charge in [-0.1, -0.05) is 0 Å². The highest BCUT2D eigenvalue weighted by atomic mass is 32.1. The lowest BCUT2D eigenvalue weighted by Crippen LogP contribution is -2.38. The number of hydrogen-bond acceptors (Lipinski definition) is 7. The topological polar surface area (TPSA) is 66.8 Å². The number of aromatic nitrogens is 4. The van der Waals surface area contributed by atoms with Gasteiger partial charge < -0.3 is 5.32 Å². The molecule has 0 amide bonds. The minimum atomic E-state index is 0.492. The van der Waals surface area contributed by atoms with Crippen LogP contribution in [0.15, 0.2) is 12.4 Å². The van der Waals surface area contributed by atoms with Gasteiger partial charge >= 0.3 is 0 Å². The predicted octanol–water partition coefficient (Wildman–Crippen LogP) is 2.02. The Balaban J connectivity index is 1.48. The molecule has 1 N–H and O–H groups in total. The van der Waals surface area contributed by atoms with Crippen molar-refractivity contribution in [2.45, 2.75) is 39.3 Å². The van der Waals surface area contributed by atoms with Crippen LogP contribution in [0.25, 0.3) is 0 Å². The van der Waals surface area contributed by atoms with Crippen molar-refractivity contribution < 1.29 is 0 Å². The summed E-state index contributed by atoms with van der Waals surface area (Å²) in [7, 11) is 0. The fourth-order valence-electron chi connectivity index (χ4n) is 2.57. The summed E-state index contributed by atoms with van der Waals surface area (Å²) in [5.74, 6) is 0.931. The number of nitrogens with zero attached hydrogens (tertiary/aromatic N) is 5. The maximum Gasteiger partial charge on any atom is 0.131 e. The summed E-state index contributed by atoms with van der Waals surface area (Å²) in [6, 6.07) is 2.49. The molecule has 1 aliphatic heterocycles. The third kappa shape index (κ3) is 3.95. The molecule has 2 aromatic heterocycles. The van der Waals surface area contributed by atoms with Gasteiger partial charge in [0.1, 0.15) is 22.2 Å². The van der Waals surface area contributed by atoms with Gasteiger partial charge in [0, 0.05) is 30.9 Å². The van der Waals surface area contributed by atoms with E-state index in [-0.39, 0.29) is 0 Å². The Morgan fingerprint density at radius 3 is 2.71 bits per heavy atom. The zero-order chi connectivity index (χ0) is 14.7. The van der Waals surface area contributed by atoms with E-state index in [0.29, 0.717) is 6.04 Å². The predicted molar refractivity (Wildman–Crippen MR) is 83.3 cm³/mol. The first-order chi connectivity index (χ1) is 10.2. The van der Waals surface area contributed by atoms with E-state index in [9.17, 15) is 0 Å². The summed E-state index contributed by atoms with van der Waals surface area (Å²) >= 11 is 1.69. The van der Waals surface area contributed by atoms with Crippen molar-refractivity contribution in [1.29, 1.82) is 0 Å². The van der Waals surface area contributed by atoms with Crippen LogP contribution < -0.4 is 5.32 Å². The van der Waals surface area contributed by atoms with Crippen LogP contribution in [0.4, 0.5) is 5.82 Å². The molecule has 0 aromatic carbocycles. The summed E-state index contributed by atoms with van der Waals surface area (Å²) < 4.78 is 0. The Morgan fingerprint density at radius 2 is 2.05 bits per heavy atom. The molecule has 1 aliphatic rings. The van der Waals surface area contributed by atoms with E-state index >= 15 is 0 Å². The molecular weight excluding hydrogens is 284 g/mol. The van der Waals surface area contributed by atoms with Gasteiger partial charge in [-0.25, -0.2) is 9.97 Å². The standard InChI is InChI=1S/C14H20N6S/c1-10-7-13(16-9-15-10)17-12-3-5-20(6-4-12)8-14-19-18-11(2)21-14/h7,9,12H,3-6,8H2,1-2H3,(H,15,16,17). The van der Waals surface area contributed by atoms with Crippen LogP contribution in [0.2, 0.25) is 0 Å². The molecule has 0 aliphatic carbocycles. The Hall–Kier alpha value is -1.60. The van der Waals surface area contributed by atoms with Crippen molar-refractivity contribution in [3.05, 3.63) is 28.1 Å². The van der Waals surface area contributed by atoms with E-state index < -0.39 is 0 Å². The fraction of sp³-hybridized carbons (Fsp3) is 0.571. The molecule has 0 spiro atoms. The first kappa shape index (κ1) is 14.3. The lowest BCUT2D eigenvalue weighted by Gasteiger charge is -2.31. The monoisotopic (exact) mass is 304 g/mol. The molecule has 0 bridgehead atoms. The first-order valence-electron chi connectivity index (χ1n) is 7.25. The molecule has 3 heterocycles. The molecule has 1 fully saturated rings. The van der Waals surface area contributed by atoms with Crippen LogP contribution >= 0.6 is 11.3 Å². The van der Waals surface area contributed by atoms with Gasteiger partial charge in [0.15, 0.2) is 0 Å². The van der Waals surface area contributed by atoms with E-state index in [4.69, 9.17) is 0 Å². The molecule has 112 valence electrons. The molecule has 1 saturated heterocycles. The molecule has 0 atom stereocenters. The van der Waals surface area contributed by atoms with Crippen LogP contribution in [-0.4, -0.2) is 44.2 Å². The number of piperidine rings is 1. The summed E-state index contributed by atoms with van der Waals surface area (Å²) in [4.78, 5) is 10.8. The van der Waals surface area contributed by atoms with E-state index in [1.54, 1.807) is 17.7 Å². The van der Waals surface area contributed by atoms with Crippen LogP contribution in [0.3, 0.4) is 0 Å². The van der Waals surface area contributed by atoms with Crippen LogP contribution in [0.5, 0.6) is 0 Å². The Kier molecular flexibility index (Phi) is 4.40. The van der Waals surface area contributed by atoms with Crippen molar-refractivity contribution in [1.82, 2.24) is 25.1 Å². The van der Waals surface area contributed by atoms with Gasteiger partial charge in [0.2, 0.25) is 0 Å². The maximum absolute atomic E-state index is 4.27. The van der Waals surface area contributed by atoms with E-state index in [0.717, 1.165) is 54.0 Å². The second-order valence-corrected chi connectivity index (χ2v) is 6.72. The Labute approximate surface area is 128 Å². The van der Waals surface area contributed by atoms with Crippen molar-refractivity contribution in [3.8, 4) is 0 Å². The molecular formula is C14H20N6S. The summed E-state index contributed by atoms with van der Waals surface area (Å²) in [5.41, 5.74) is 0.997. The normalized spacial score (nSPS) is 17.0. The molecule has 0 unspecified atom stereocenters. The Bertz CT molecular complexity index is 591. The van der Waals surface area contributed by atoms with E-state index in [1.165, 1.54) is 0 Å². The number of likely N-dealkylation sites (tertiary alicyclic amines) is 1. The average molecular weight is 304 g/mol. The third-order valence-corrected chi connectivity index (χ3v) is 4.49. The smallest absolute Gasteiger partial charge is 0.131 e. The van der Waals surface area contributed by atoms with Gasteiger partial charge in [0.05, 0.1) is 6.54 Å². The average Bonchev–Trinajstić information content (AvgIpc) is 2.86. The van der Waals surface area contributed by atoms with E-state index in [1.807, 2.05) is 19.9 Å². The van der Waals surface area contributed by atoms with Crippen molar-refractivity contribution in [2.75, 3.05) is 18.4 Å². The minimum absolute atomic E-state index is 0.492. The van der Waals surface area contributed by atoms with Gasteiger partial charge in [0.25, 0.3) is 0 Å². The number of nitrogens with one attached hydrogen (secondary N) is 1. The highest BCUT2D eigenvalue weighted by Crippen LogP contribution is 2.18. The molecule has 3 rings (SSSR count). The largest absolute Gasteiger partial charge is 0.367 e. The summed E-state index contributed by atoms with van der Waals surface area (Å²) in [5, 5.41) is 13.9. The molecule has 6 nitrogen and oxygen atoms in total. The fourth-order valence-corrected chi connectivity index (χ4v) is 3.32. The molecule has 7 heteroatoms. The molecule has 2 aromatic rings. The lowest BCUT2D eigenvalue weighted by atomic mass is 10.1. The number of aryl methyl sites for hydroxylation is 2. The number of rotatable bonds is 4. The van der Waals surface area contributed by atoms with Gasteiger partial charge in [-0.15, -0.1) is 21.5 Å². The van der Waals surface area contributed by atoms with Crippen molar-refractivity contribution in [3.63, 3.8) is 0 Å². The van der Waals surface area contributed by atoms with Crippen molar-refractivity contribution >= 4 is 17.2 Å². The summed E-state index contributed by atoms with van der Waals surface area (Å²) in [6.45, 7) is 7.08. The second kappa shape index (κ2) is 6.44. The van der Waals surface area contributed by atoms with Gasteiger partial charge in [-0.2, -0.15) is 0 Å². The molecule has 0 saturated carbocycles. The zero-order valence-electron chi connectivity index (χ0n) is 12.4. The number of hydrogen-bond donors (Lipinski definition) is 1. The van der Waals surface area contributed by atoms with Crippen LogP contribution in [0, 0.1) is 13.8 Å². The maximum atomic E-state index is 4.27. The number of anilines is 1. The first-order valence-corrected chi connectivity index (χ1v) is 8.07.